The van der Waals surface area contributed by atoms with Crippen LogP contribution in [0, 0.1) is 0 Å². The van der Waals surface area contributed by atoms with Gasteiger partial charge < -0.3 is 52.1 Å². The van der Waals surface area contributed by atoms with Crippen molar-refractivity contribution in [2.75, 3.05) is 145 Å². The summed E-state index contributed by atoms with van der Waals surface area (Å²) in [6, 6.07) is 0. The molecule has 0 aliphatic rings. The lowest BCUT2D eigenvalue weighted by atomic mass is 10.3. The Hall–Kier alpha value is -0.830. The maximum absolute atomic E-state index is 10.3. The molecule has 0 aliphatic heterocycles. The van der Waals surface area contributed by atoms with Gasteiger partial charge in [-0.15, -0.1) is 6.58 Å². The lowest BCUT2D eigenvalue weighted by molar-refractivity contribution is -0.0451. The van der Waals surface area contributed by atoms with Gasteiger partial charge in [0.2, 0.25) is 0 Å². The van der Waals surface area contributed by atoms with E-state index in [1.165, 1.54) is 0 Å². The molecule has 0 bridgehead atoms. The maximum atomic E-state index is 10.3. The van der Waals surface area contributed by atoms with Crippen LogP contribution in [0.3, 0.4) is 0 Å². The van der Waals surface area contributed by atoms with E-state index in [9.17, 15) is 8.42 Å². The molecule has 1 unspecified atom stereocenters. The van der Waals surface area contributed by atoms with Crippen molar-refractivity contribution in [3.8, 4) is 0 Å². The summed E-state index contributed by atoms with van der Waals surface area (Å²) >= 11 is 0. The molecule has 0 saturated carbocycles. The lowest BCUT2D eigenvalue weighted by Crippen LogP contribution is -2.22. The predicted octanol–water partition coefficient (Wildman–Crippen LogP) is 0.953. The van der Waals surface area contributed by atoms with Crippen LogP contribution in [0.5, 0.6) is 0 Å². The summed E-state index contributed by atoms with van der Waals surface area (Å²) in [4.78, 5) is 0. The summed E-state index contributed by atoms with van der Waals surface area (Å²) in [6.45, 7) is 14.8. The van der Waals surface area contributed by atoms with Crippen LogP contribution in [-0.2, 0) is 66.7 Å². The van der Waals surface area contributed by atoms with E-state index in [-0.39, 0.29) is 25.9 Å². The number of hydrogen-bond donors (Lipinski definition) is 1. The van der Waals surface area contributed by atoms with Gasteiger partial charge in [0.05, 0.1) is 151 Å². The van der Waals surface area contributed by atoms with Gasteiger partial charge in [-0.1, -0.05) is 13.0 Å². The largest absolute Gasteiger partial charge is 0.397 e. The first kappa shape index (κ1) is 42.2. The van der Waals surface area contributed by atoms with Crippen molar-refractivity contribution in [2.45, 2.75) is 19.4 Å². The first-order valence-electron chi connectivity index (χ1n) is 14.6. The fraction of sp³-hybridized carbons (Fsp3) is 0.926. The summed E-state index contributed by atoms with van der Waals surface area (Å²) in [5.74, 6) is 0. The number of rotatable bonds is 37. The van der Waals surface area contributed by atoms with Crippen LogP contribution in [0.25, 0.3) is 0 Å². The number of ether oxygens (including phenoxy) is 11. The standard InChI is InChI=1S/C27H54O15S/c1-3-5-40-26-27(4-2)41-24-22-38-20-18-36-16-14-34-12-10-32-8-6-31-7-9-33-11-13-35-15-17-37-19-21-39-23-25-42-43(28,29)30/h3,27H,1,4-26H2,2H3,(H,28,29,30). The molecule has 0 amide bonds. The van der Waals surface area contributed by atoms with Gasteiger partial charge >= 0.3 is 10.4 Å². The molecule has 0 aromatic heterocycles. The van der Waals surface area contributed by atoms with Crippen molar-refractivity contribution in [2.24, 2.45) is 0 Å². The average Bonchev–Trinajstić information content (AvgIpc) is 2.98. The molecule has 15 nitrogen and oxygen atoms in total. The van der Waals surface area contributed by atoms with Gasteiger partial charge in [-0.3, -0.25) is 4.55 Å². The smallest absolute Gasteiger partial charge is 0.377 e. The van der Waals surface area contributed by atoms with Crippen molar-refractivity contribution in [3.63, 3.8) is 0 Å². The summed E-state index contributed by atoms with van der Waals surface area (Å²) in [6.07, 6.45) is 2.69. The van der Waals surface area contributed by atoms with Crippen LogP contribution < -0.4 is 0 Å². The van der Waals surface area contributed by atoms with Crippen LogP contribution in [0.1, 0.15) is 13.3 Å². The van der Waals surface area contributed by atoms with Crippen LogP contribution in [-0.4, -0.2) is 164 Å². The van der Waals surface area contributed by atoms with E-state index in [1.54, 1.807) is 6.08 Å². The maximum Gasteiger partial charge on any atom is 0.397 e. The zero-order valence-electron chi connectivity index (χ0n) is 25.7. The SMILES string of the molecule is C=CCOCC(CC)OCCOCCOCCOCCOCCOCCOCCOCCOCCOCCOS(=O)(=O)O. The highest BCUT2D eigenvalue weighted by molar-refractivity contribution is 7.80. The van der Waals surface area contributed by atoms with Gasteiger partial charge in [0.25, 0.3) is 0 Å². The van der Waals surface area contributed by atoms with Crippen molar-refractivity contribution >= 4 is 10.4 Å². The molecule has 1 N–H and O–H groups in total. The molecule has 1 atom stereocenters. The van der Waals surface area contributed by atoms with Crippen molar-refractivity contribution in [1.29, 1.82) is 0 Å². The van der Waals surface area contributed by atoms with Gasteiger partial charge in [0, 0.05) is 0 Å². The van der Waals surface area contributed by atoms with Crippen LogP contribution >= 0.6 is 0 Å². The van der Waals surface area contributed by atoms with E-state index in [2.05, 4.69) is 17.7 Å². The Kier molecular flexibility index (Phi) is 33.4. The molecule has 0 rings (SSSR count). The minimum absolute atomic E-state index is 0.0313. The van der Waals surface area contributed by atoms with Gasteiger partial charge in [0.1, 0.15) is 0 Å². The Balaban J connectivity index is 3.13. The van der Waals surface area contributed by atoms with E-state index in [0.717, 1.165) is 6.42 Å². The fourth-order valence-corrected chi connectivity index (χ4v) is 3.18. The second-order valence-corrected chi connectivity index (χ2v) is 9.58. The quantitative estimate of drug-likeness (QED) is 0.0574. The molecule has 258 valence electrons. The Labute approximate surface area is 257 Å². The monoisotopic (exact) mass is 650 g/mol. The van der Waals surface area contributed by atoms with Crippen LogP contribution in [0.4, 0.5) is 0 Å². The summed E-state index contributed by atoms with van der Waals surface area (Å²) in [5, 5.41) is 0. The minimum atomic E-state index is -4.42. The molecule has 16 heteroatoms. The van der Waals surface area contributed by atoms with E-state index in [4.69, 9.17) is 56.7 Å². The topological polar surface area (TPSA) is 165 Å². The third-order valence-corrected chi connectivity index (χ3v) is 5.48. The predicted molar refractivity (Wildman–Crippen MR) is 156 cm³/mol. The molecule has 0 heterocycles. The lowest BCUT2D eigenvalue weighted by Gasteiger charge is -2.15. The van der Waals surface area contributed by atoms with Gasteiger partial charge in [-0.05, 0) is 6.42 Å². The van der Waals surface area contributed by atoms with E-state index >= 15 is 0 Å². The normalized spacial score (nSPS) is 12.6. The minimum Gasteiger partial charge on any atom is -0.377 e. The number of hydrogen-bond acceptors (Lipinski definition) is 14. The molecule has 0 aromatic carbocycles. The molecular formula is C27H54O15S. The van der Waals surface area contributed by atoms with Gasteiger partial charge in [0.15, 0.2) is 0 Å². The third kappa shape index (κ3) is 37.3. The van der Waals surface area contributed by atoms with Crippen molar-refractivity contribution < 1.29 is 69.3 Å². The molecule has 0 fully saturated rings. The Morgan fingerprint density at radius 3 is 1.12 bits per heavy atom. The highest BCUT2D eigenvalue weighted by Crippen LogP contribution is 1.99. The van der Waals surface area contributed by atoms with Gasteiger partial charge in [-0.2, -0.15) is 8.42 Å². The van der Waals surface area contributed by atoms with E-state index < -0.39 is 10.4 Å². The van der Waals surface area contributed by atoms with Crippen LogP contribution in [0.2, 0.25) is 0 Å². The average molecular weight is 651 g/mol. The van der Waals surface area contributed by atoms with Crippen molar-refractivity contribution in [3.05, 3.63) is 12.7 Å². The highest BCUT2D eigenvalue weighted by Gasteiger charge is 2.06. The highest BCUT2D eigenvalue weighted by atomic mass is 32.3. The molecule has 43 heavy (non-hydrogen) atoms. The first-order chi connectivity index (χ1) is 21.0. The molecule has 0 aromatic rings. The van der Waals surface area contributed by atoms with E-state index in [1.807, 2.05) is 0 Å². The van der Waals surface area contributed by atoms with E-state index in [0.29, 0.717) is 126 Å². The Bertz CT molecular complexity index is 669. The Morgan fingerprint density at radius 1 is 0.535 bits per heavy atom. The fourth-order valence-electron chi connectivity index (χ4n) is 2.90. The molecule has 0 aliphatic carbocycles. The summed E-state index contributed by atoms with van der Waals surface area (Å²) < 4.78 is 92.7. The molecular weight excluding hydrogens is 596 g/mol. The second-order valence-electron chi connectivity index (χ2n) is 8.49. The molecule has 0 saturated heterocycles. The zero-order valence-corrected chi connectivity index (χ0v) is 26.5. The zero-order chi connectivity index (χ0) is 31.5. The summed E-state index contributed by atoms with van der Waals surface area (Å²) in [7, 11) is -4.42. The van der Waals surface area contributed by atoms with Crippen LogP contribution in [0.15, 0.2) is 12.7 Å². The van der Waals surface area contributed by atoms with Crippen molar-refractivity contribution in [1.82, 2.24) is 0 Å². The first-order valence-corrected chi connectivity index (χ1v) is 16.0. The third-order valence-electron chi connectivity index (χ3n) is 5.01. The van der Waals surface area contributed by atoms with Gasteiger partial charge in [-0.25, -0.2) is 4.18 Å². The Morgan fingerprint density at radius 2 is 0.837 bits per heavy atom. The second kappa shape index (κ2) is 34.1. The summed E-state index contributed by atoms with van der Waals surface area (Å²) in [5.41, 5.74) is 0. The molecule has 0 spiro atoms. The molecule has 0 radical (unpaired) electrons.